The van der Waals surface area contributed by atoms with Crippen LogP contribution in [-0.2, 0) is 11.2 Å². The Labute approximate surface area is 99.8 Å². The molecule has 0 spiro atoms. The number of hydrogen-bond acceptors (Lipinski definition) is 1. The number of alkyl halides is 1. The number of rotatable bonds is 5. The van der Waals surface area contributed by atoms with Crippen molar-refractivity contribution in [1.29, 1.82) is 0 Å². The molecular formula is C12H15ClFNO. The van der Waals surface area contributed by atoms with Gasteiger partial charge in [0.25, 0.3) is 0 Å². The predicted octanol–water partition coefficient (Wildman–Crippen LogP) is 2.50. The first-order valence-corrected chi connectivity index (χ1v) is 5.79. The minimum atomic E-state index is -0.350. The van der Waals surface area contributed by atoms with Gasteiger partial charge in [-0.15, -0.1) is 11.6 Å². The van der Waals surface area contributed by atoms with Crippen molar-refractivity contribution < 1.29 is 9.18 Å². The van der Waals surface area contributed by atoms with Gasteiger partial charge in [0.05, 0.1) is 6.42 Å². The molecule has 1 atom stereocenters. The van der Waals surface area contributed by atoms with Gasteiger partial charge in [-0.25, -0.2) is 4.39 Å². The molecule has 1 N–H and O–H groups in total. The Bertz CT molecular complexity index is 353. The lowest BCUT2D eigenvalue weighted by Crippen LogP contribution is -2.36. The molecule has 2 nitrogen and oxygen atoms in total. The van der Waals surface area contributed by atoms with Crippen LogP contribution in [0, 0.1) is 5.82 Å². The summed E-state index contributed by atoms with van der Waals surface area (Å²) in [6, 6.07) is 6.23. The Morgan fingerprint density at radius 3 is 2.75 bits per heavy atom. The number of benzene rings is 1. The summed E-state index contributed by atoms with van der Waals surface area (Å²) in [6.45, 7) is 1.94. The molecule has 0 radical (unpaired) electrons. The summed E-state index contributed by atoms with van der Waals surface area (Å²) in [5, 5.41) is 2.75. The first kappa shape index (κ1) is 13.0. The highest BCUT2D eigenvalue weighted by molar-refractivity contribution is 6.18. The third-order valence-corrected chi connectivity index (χ3v) is 2.73. The fourth-order valence-corrected chi connectivity index (χ4v) is 1.64. The largest absolute Gasteiger partial charge is 0.352 e. The average Bonchev–Trinajstić information content (AvgIpc) is 2.29. The Balaban J connectivity index is 2.55. The highest BCUT2D eigenvalue weighted by atomic mass is 35.5. The zero-order valence-electron chi connectivity index (χ0n) is 9.17. The number of hydrogen-bond donors (Lipinski definition) is 1. The second-order valence-electron chi connectivity index (χ2n) is 3.60. The third-order valence-electron chi connectivity index (χ3n) is 2.35. The molecule has 0 heterocycles. The van der Waals surface area contributed by atoms with E-state index in [1.54, 1.807) is 18.2 Å². The molecule has 0 fully saturated rings. The molecule has 1 unspecified atom stereocenters. The van der Waals surface area contributed by atoms with Gasteiger partial charge in [0, 0.05) is 11.9 Å². The van der Waals surface area contributed by atoms with Crippen LogP contribution in [0.15, 0.2) is 24.3 Å². The lowest BCUT2D eigenvalue weighted by atomic mass is 10.1. The Morgan fingerprint density at radius 1 is 1.50 bits per heavy atom. The summed E-state index contributed by atoms with van der Waals surface area (Å²) < 4.78 is 13.2. The molecule has 0 aliphatic rings. The zero-order valence-corrected chi connectivity index (χ0v) is 9.93. The van der Waals surface area contributed by atoms with E-state index in [0.29, 0.717) is 11.4 Å². The second kappa shape index (κ2) is 6.48. The van der Waals surface area contributed by atoms with E-state index in [-0.39, 0.29) is 24.2 Å². The standard InChI is InChI=1S/C12H15ClFNO/c1-2-10(8-13)15-12(16)7-9-5-3-4-6-11(9)14/h3-6,10H,2,7-8H2,1H3,(H,15,16). The van der Waals surface area contributed by atoms with E-state index >= 15 is 0 Å². The maximum Gasteiger partial charge on any atom is 0.224 e. The van der Waals surface area contributed by atoms with Crippen molar-refractivity contribution in [2.45, 2.75) is 25.8 Å². The molecular weight excluding hydrogens is 229 g/mol. The van der Waals surface area contributed by atoms with Gasteiger partial charge in [-0.05, 0) is 18.1 Å². The average molecular weight is 244 g/mol. The summed E-state index contributed by atoms with van der Waals surface area (Å²) in [4.78, 5) is 11.6. The molecule has 16 heavy (non-hydrogen) atoms. The van der Waals surface area contributed by atoms with Crippen molar-refractivity contribution in [3.63, 3.8) is 0 Å². The van der Waals surface area contributed by atoms with Gasteiger partial charge in [0.2, 0.25) is 5.91 Å². The molecule has 0 saturated carbocycles. The van der Waals surface area contributed by atoms with Gasteiger partial charge in [0.1, 0.15) is 5.82 Å². The molecule has 0 aliphatic heterocycles. The van der Waals surface area contributed by atoms with Crippen molar-refractivity contribution in [2.75, 3.05) is 5.88 Å². The third kappa shape index (κ3) is 3.81. The first-order valence-electron chi connectivity index (χ1n) is 5.26. The summed E-state index contributed by atoms with van der Waals surface area (Å²) in [6.07, 6.45) is 0.826. The summed E-state index contributed by atoms with van der Waals surface area (Å²) >= 11 is 5.66. The van der Waals surface area contributed by atoms with E-state index < -0.39 is 0 Å². The fourth-order valence-electron chi connectivity index (χ4n) is 1.34. The monoisotopic (exact) mass is 243 g/mol. The smallest absolute Gasteiger partial charge is 0.224 e. The molecule has 1 aromatic rings. The molecule has 0 saturated heterocycles. The number of amides is 1. The van der Waals surface area contributed by atoms with Crippen LogP contribution in [0.5, 0.6) is 0 Å². The van der Waals surface area contributed by atoms with Gasteiger partial charge in [-0.2, -0.15) is 0 Å². The van der Waals surface area contributed by atoms with Gasteiger partial charge in [0.15, 0.2) is 0 Å². The lowest BCUT2D eigenvalue weighted by molar-refractivity contribution is -0.121. The van der Waals surface area contributed by atoms with Crippen molar-refractivity contribution >= 4 is 17.5 Å². The van der Waals surface area contributed by atoms with E-state index in [9.17, 15) is 9.18 Å². The molecule has 0 aliphatic carbocycles. The molecule has 88 valence electrons. The van der Waals surface area contributed by atoms with Crippen LogP contribution in [0.4, 0.5) is 4.39 Å². The number of carbonyl (C=O) groups excluding carboxylic acids is 1. The molecule has 1 rings (SSSR count). The fraction of sp³-hybridized carbons (Fsp3) is 0.417. The summed E-state index contributed by atoms with van der Waals surface area (Å²) in [5.41, 5.74) is 0.407. The Kier molecular flexibility index (Phi) is 5.26. The highest BCUT2D eigenvalue weighted by Crippen LogP contribution is 2.07. The van der Waals surface area contributed by atoms with Crippen molar-refractivity contribution in [1.82, 2.24) is 5.32 Å². The van der Waals surface area contributed by atoms with Crippen LogP contribution in [0.3, 0.4) is 0 Å². The van der Waals surface area contributed by atoms with E-state index in [2.05, 4.69) is 5.32 Å². The van der Waals surface area contributed by atoms with Gasteiger partial charge in [-0.3, -0.25) is 4.79 Å². The Hall–Kier alpha value is -1.09. The topological polar surface area (TPSA) is 29.1 Å². The minimum Gasteiger partial charge on any atom is -0.352 e. The Morgan fingerprint density at radius 2 is 2.19 bits per heavy atom. The first-order chi connectivity index (χ1) is 7.67. The summed E-state index contributed by atoms with van der Waals surface area (Å²) in [5.74, 6) is -0.173. The van der Waals surface area contributed by atoms with Crippen molar-refractivity contribution in [2.24, 2.45) is 0 Å². The maximum atomic E-state index is 13.2. The number of halogens is 2. The lowest BCUT2D eigenvalue weighted by Gasteiger charge is -2.13. The zero-order chi connectivity index (χ0) is 12.0. The predicted molar refractivity (Wildman–Crippen MR) is 63.0 cm³/mol. The quantitative estimate of drug-likeness (QED) is 0.791. The molecule has 0 bridgehead atoms. The van der Waals surface area contributed by atoms with Gasteiger partial charge >= 0.3 is 0 Å². The molecule has 1 aromatic carbocycles. The SMILES string of the molecule is CCC(CCl)NC(=O)Cc1ccccc1F. The highest BCUT2D eigenvalue weighted by Gasteiger charge is 2.11. The summed E-state index contributed by atoms with van der Waals surface area (Å²) in [7, 11) is 0. The second-order valence-corrected chi connectivity index (χ2v) is 3.90. The van der Waals surface area contributed by atoms with E-state index in [4.69, 9.17) is 11.6 Å². The maximum absolute atomic E-state index is 13.2. The van der Waals surface area contributed by atoms with E-state index in [1.807, 2.05) is 6.92 Å². The van der Waals surface area contributed by atoms with Crippen LogP contribution in [0.2, 0.25) is 0 Å². The van der Waals surface area contributed by atoms with Crippen LogP contribution in [0.1, 0.15) is 18.9 Å². The van der Waals surface area contributed by atoms with Crippen LogP contribution in [-0.4, -0.2) is 17.8 Å². The van der Waals surface area contributed by atoms with Crippen LogP contribution < -0.4 is 5.32 Å². The van der Waals surface area contributed by atoms with E-state index in [0.717, 1.165) is 6.42 Å². The van der Waals surface area contributed by atoms with Crippen LogP contribution >= 0.6 is 11.6 Å². The van der Waals surface area contributed by atoms with Crippen LogP contribution in [0.25, 0.3) is 0 Å². The minimum absolute atomic E-state index is 0.0408. The van der Waals surface area contributed by atoms with Gasteiger partial charge < -0.3 is 5.32 Å². The van der Waals surface area contributed by atoms with Gasteiger partial charge in [-0.1, -0.05) is 25.1 Å². The molecule has 0 aromatic heterocycles. The number of nitrogens with one attached hydrogen (secondary N) is 1. The van der Waals surface area contributed by atoms with E-state index in [1.165, 1.54) is 6.07 Å². The normalized spacial score (nSPS) is 12.2. The molecule has 4 heteroatoms. The molecule has 1 amide bonds. The number of carbonyl (C=O) groups is 1. The van der Waals surface area contributed by atoms with Crippen molar-refractivity contribution in [3.05, 3.63) is 35.6 Å². The van der Waals surface area contributed by atoms with Crippen molar-refractivity contribution in [3.8, 4) is 0 Å².